The van der Waals surface area contributed by atoms with Gasteiger partial charge in [-0.25, -0.2) is 9.97 Å². The van der Waals surface area contributed by atoms with E-state index in [1.165, 1.54) is 6.20 Å². The van der Waals surface area contributed by atoms with Crippen molar-refractivity contribution in [2.45, 2.75) is 6.92 Å². The van der Waals surface area contributed by atoms with Gasteiger partial charge in [-0.15, -0.1) is 0 Å². The highest BCUT2D eigenvalue weighted by atomic mass is 79.9. The van der Waals surface area contributed by atoms with Gasteiger partial charge in [-0.05, 0) is 41.1 Å². The fourth-order valence-electron chi connectivity index (χ4n) is 1.37. The number of aromatic nitrogens is 2. The SMILES string of the molecule is Cc1nc(NC(=O)c2ccnc(Br)c2)c(Cl)cc1Cl. The summed E-state index contributed by atoms with van der Waals surface area (Å²) in [7, 11) is 0. The number of halogens is 3. The molecule has 1 N–H and O–H groups in total. The van der Waals surface area contributed by atoms with E-state index in [0.717, 1.165) is 0 Å². The third kappa shape index (κ3) is 3.43. The lowest BCUT2D eigenvalue weighted by atomic mass is 10.2. The molecule has 0 bridgehead atoms. The second kappa shape index (κ2) is 5.86. The zero-order chi connectivity index (χ0) is 14.0. The third-order valence-electron chi connectivity index (χ3n) is 2.33. The predicted molar refractivity (Wildman–Crippen MR) is 78.9 cm³/mol. The fourth-order valence-corrected chi connectivity index (χ4v) is 2.14. The summed E-state index contributed by atoms with van der Waals surface area (Å²) in [5.41, 5.74) is 1.05. The Morgan fingerprint density at radius 2 is 2.05 bits per heavy atom. The summed E-state index contributed by atoms with van der Waals surface area (Å²) in [5, 5.41) is 3.37. The molecule has 0 saturated carbocycles. The first-order chi connectivity index (χ1) is 8.97. The zero-order valence-corrected chi connectivity index (χ0v) is 12.8. The van der Waals surface area contributed by atoms with Crippen molar-refractivity contribution in [2.24, 2.45) is 0 Å². The van der Waals surface area contributed by atoms with Gasteiger partial charge in [0, 0.05) is 11.8 Å². The molecule has 0 aliphatic heterocycles. The van der Waals surface area contributed by atoms with Gasteiger partial charge < -0.3 is 5.32 Å². The molecule has 2 aromatic rings. The summed E-state index contributed by atoms with van der Waals surface area (Å²) in [6.45, 7) is 1.73. The van der Waals surface area contributed by atoms with E-state index >= 15 is 0 Å². The first kappa shape index (κ1) is 14.2. The van der Waals surface area contributed by atoms with Crippen molar-refractivity contribution < 1.29 is 4.79 Å². The highest BCUT2D eigenvalue weighted by Gasteiger charge is 2.12. The molecule has 0 aliphatic rings. The van der Waals surface area contributed by atoms with Crippen LogP contribution in [0.1, 0.15) is 16.1 Å². The van der Waals surface area contributed by atoms with Crippen molar-refractivity contribution in [2.75, 3.05) is 5.32 Å². The Morgan fingerprint density at radius 1 is 1.32 bits per heavy atom. The van der Waals surface area contributed by atoms with Crippen LogP contribution in [0.15, 0.2) is 29.0 Å². The molecule has 0 atom stereocenters. The quantitative estimate of drug-likeness (QED) is 0.820. The number of carbonyl (C=O) groups excluding carboxylic acids is 1. The molecule has 0 spiro atoms. The first-order valence-corrected chi connectivity index (χ1v) is 6.78. The van der Waals surface area contributed by atoms with Crippen LogP contribution >= 0.6 is 39.1 Å². The first-order valence-electron chi connectivity index (χ1n) is 5.23. The number of amides is 1. The summed E-state index contributed by atoms with van der Waals surface area (Å²) < 4.78 is 0.575. The second-order valence-electron chi connectivity index (χ2n) is 3.71. The maximum Gasteiger partial charge on any atom is 0.257 e. The van der Waals surface area contributed by atoms with Gasteiger partial charge in [0.1, 0.15) is 4.60 Å². The van der Waals surface area contributed by atoms with Gasteiger partial charge in [0.05, 0.1) is 15.7 Å². The Labute approximate surface area is 128 Å². The lowest BCUT2D eigenvalue weighted by Gasteiger charge is -2.08. The van der Waals surface area contributed by atoms with Crippen molar-refractivity contribution in [1.29, 1.82) is 0 Å². The number of nitrogens with zero attached hydrogens (tertiary/aromatic N) is 2. The van der Waals surface area contributed by atoms with Gasteiger partial charge in [-0.2, -0.15) is 0 Å². The highest BCUT2D eigenvalue weighted by Crippen LogP contribution is 2.26. The van der Waals surface area contributed by atoms with Crippen LogP contribution in [-0.4, -0.2) is 15.9 Å². The number of anilines is 1. The second-order valence-corrected chi connectivity index (χ2v) is 5.33. The van der Waals surface area contributed by atoms with E-state index < -0.39 is 0 Å². The number of aryl methyl sites for hydroxylation is 1. The minimum Gasteiger partial charge on any atom is -0.305 e. The van der Waals surface area contributed by atoms with E-state index in [2.05, 4.69) is 31.2 Å². The lowest BCUT2D eigenvalue weighted by Crippen LogP contribution is -2.14. The molecule has 0 aromatic carbocycles. The molecule has 4 nitrogen and oxygen atoms in total. The summed E-state index contributed by atoms with van der Waals surface area (Å²) in [6.07, 6.45) is 1.53. The third-order valence-corrected chi connectivity index (χ3v) is 3.43. The van der Waals surface area contributed by atoms with E-state index in [1.807, 2.05) is 0 Å². The molecular formula is C12H8BrCl2N3O. The van der Waals surface area contributed by atoms with Crippen molar-refractivity contribution in [1.82, 2.24) is 9.97 Å². The van der Waals surface area contributed by atoms with Crippen molar-refractivity contribution in [3.05, 3.63) is 50.3 Å². The van der Waals surface area contributed by atoms with Gasteiger partial charge in [0.2, 0.25) is 0 Å². The van der Waals surface area contributed by atoms with E-state index in [4.69, 9.17) is 23.2 Å². The molecule has 2 rings (SSSR count). The van der Waals surface area contributed by atoms with Gasteiger partial charge in [0.15, 0.2) is 5.82 Å². The molecule has 2 heterocycles. The molecule has 0 aliphatic carbocycles. The molecule has 98 valence electrons. The minimum atomic E-state index is -0.320. The van der Waals surface area contributed by atoms with Crippen LogP contribution in [0.5, 0.6) is 0 Å². The highest BCUT2D eigenvalue weighted by molar-refractivity contribution is 9.10. The minimum absolute atomic E-state index is 0.279. The van der Waals surface area contributed by atoms with Crippen LogP contribution < -0.4 is 5.32 Å². The molecule has 0 saturated heterocycles. The van der Waals surface area contributed by atoms with Crippen LogP contribution in [0.25, 0.3) is 0 Å². The van der Waals surface area contributed by atoms with Gasteiger partial charge in [0.25, 0.3) is 5.91 Å². The van der Waals surface area contributed by atoms with Gasteiger partial charge in [-0.3, -0.25) is 4.79 Å². The summed E-state index contributed by atoms with van der Waals surface area (Å²) in [4.78, 5) is 20.1. The molecular weight excluding hydrogens is 353 g/mol. The number of hydrogen-bond donors (Lipinski definition) is 1. The van der Waals surface area contributed by atoms with E-state index in [-0.39, 0.29) is 16.7 Å². The van der Waals surface area contributed by atoms with Crippen LogP contribution in [-0.2, 0) is 0 Å². The maximum absolute atomic E-state index is 12.0. The lowest BCUT2D eigenvalue weighted by molar-refractivity contribution is 0.102. The van der Waals surface area contributed by atoms with Crippen LogP contribution in [0.2, 0.25) is 10.0 Å². The van der Waals surface area contributed by atoms with E-state index in [9.17, 15) is 4.79 Å². The Morgan fingerprint density at radius 3 is 2.74 bits per heavy atom. The van der Waals surface area contributed by atoms with Crippen LogP contribution in [0, 0.1) is 6.92 Å². The van der Waals surface area contributed by atoms with E-state index in [0.29, 0.717) is 20.9 Å². The maximum atomic E-state index is 12.0. The standard InChI is InChI=1S/C12H8BrCl2N3O/c1-6-8(14)5-9(15)11(17-6)18-12(19)7-2-3-16-10(13)4-7/h2-5H,1H3,(H,17,18,19). The molecule has 0 radical (unpaired) electrons. The van der Waals surface area contributed by atoms with Gasteiger partial charge >= 0.3 is 0 Å². The molecule has 1 amide bonds. The Hall–Kier alpha value is -1.17. The summed E-state index contributed by atoms with van der Waals surface area (Å²) in [5.74, 6) is -0.0410. The fraction of sp³-hybridized carbons (Fsp3) is 0.0833. The average molecular weight is 361 g/mol. The predicted octanol–water partition coefficient (Wildman–Crippen LogP) is 4.11. The molecule has 0 unspecified atom stereocenters. The Kier molecular flexibility index (Phi) is 4.39. The van der Waals surface area contributed by atoms with Crippen molar-refractivity contribution in [3.63, 3.8) is 0 Å². The average Bonchev–Trinajstić information content (AvgIpc) is 2.36. The number of pyridine rings is 2. The zero-order valence-electron chi connectivity index (χ0n) is 9.75. The number of nitrogens with one attached hydrogen (secondary N) is 1. The number of carbonyl (C=O) groups is 1. The number of rotatable bonds is 2. The Balaban J connectivity index is 2.27. The topological polar surface area (TPSA) is 54.9 Å². The Bertz CT molecular complexity index is 649. The normalized spacial score (nSPS) is 10.3. The van der Waals surface area contributed by atoms with Crippen molar-refractivity contribution in [3.8, 4) is 0 Å². The molecule has 2 aromatic heterocycles. The van der Waals surface area contributed by atoms with Crippen molar-refractivity contribution >= 4 is 50.9 Å². The summed E-state index contributed by atoms with van der Waals surface area (Å²) in [6, 6.07) is 4.74. The number of hydrogen-bond acceptors (Lipinski definition) is 3. The molecule has 19 heavy (non-hydrogen) atoms. The van der Waals surface area contributed by atoms with E-state index in [1.54, 1.807) is 25.1 Å². The van der Waals surface area contributed by atoms with Crippen LogP contribution in [0.4, 0.5) is 5.82 Å². The monoisotopic (exact) mass is 359 g/mol. The molecule has 7 heteroatoms. The smallest absolute Gasteiger partial charge is 0.257 e. The largest absolute Gasteiger partial charge is 0.305 e. The van der Waals surface area contributed by atoms with Crippen LogP contribution in [0.3, 0.4) is 0 Å². The molecule has 0 fully saturated rings. The summed E-state index contributed by atoms with van der Waals surface area (Å²) >= 11 is 15.1. The van der Waals surface area contributed by atoms with Gasteiger partial charge in [-0.1, -0.05) is 23.2 Å².